The molecule has 0 aliphatic carbocycles. The van der Waals surface area contributed by atoms with Crippen molar-refractivity contribution in [3.8, 4) is 0 Å². The van der Waals surface area contributed by atoms with E-state index < -0.39 is 5.83 Å². The first-order valence-corrected chi connectivity index (χ1v) is 3.85. The first-order chi connectivity index (χ1) is 5.22. The zero-order valence-electron chi connectivity index (χ0n) is 5.87. The van der Waals surface area contributed by atoms with Crippen LogP contribution >= 0.6 is 11.3 Å². The maximum atomic E-state index is 12.3. The predicted octanol–water partition coefficient (Wildman–Crippen LogP) is 1.96. The van der Waals surface area contributed by atoms with Gasteiger partial charge in [0.05, 0.1) is 10.7 Å². The van der Waals surface area contributed by atoms with Crippen LogP contribution in [0, 0.1) is 6.92 Å². The van der Waals surface area contributed by atoms with E-state index >= 15 is 0 Å². The Morgan fingerprint density at radius 2 is 2.55 bits per heavy atom. The number of nitrogens with zero attached hydrogens (tertiary/aromatic N) is 1. The second kappa shape index (κ2) is 3.39. The average Bonchev–Trinajstić information content (AvgIpc) is 2.35. The third-order valence-electron chi connectivity index (χ3n) is 1.04. The topological polar surface area (TPSA) is 30.0 Å². The summed E-state index contributed by atoms with van der Waals surface area (Å²) >= 11 is 1.42. The van der Waals surface area contributed by atoms with Crippen molar-refractivity contribution in [2.24, 2.45) is 0 Å². The van der Waals surface area contributed by atoms with Crippen molar-refractivity contribution < 1.29 is 9.18 Å². The molecule has 0 aliphatic rings. The minimum Gasteiger partial charge on any atom is -0.295 e. The lowest BCUT2D eigenvalue weighted by Crippen LogP contribution is -1.76. The van der Waals surface area contributed by atoms with Gasteiger partial charge in [-0.25, -0.2) is 9.37 Å². The number of rotatable bonds is 2. The summed E-state index contributed by atoms with van der Waals surface area (Å²) in [7, 11) is 0. The molecule has 0 amide bonds. The third-order valence-corrected chi connectivity index (χ3v) is 1.83. The fourth-order valence-corrected chi connectivity index (χ4v) is 1.19. The molecule has 1 rings (SSSR count). The van der Waals surface area contributed by atoms with E-state index in [-0.39, 0.29) is 6.29 Å². The van der Waals surface area contributed by atoms with Gasteiger partial charge in [0.2, 0.25) is 0 Å². The summed E-state index contributed by atoms with van der Waals surface area (Å²) < 4.78 is 12.3. The molecule has 11 heavy (non-hydrogen) atoms. The Labute approximate surface area is 67.4 Å². The standard InChI is InChI=1S/C7H6FNOS/c1-5-9-7(4-11-5)2-6(8)3-10/h2-4H,1H3/b6-2+. The van der Waals surface area contributed by atoms with E-state index in [4.69, 9.17) is 0 Å². The van der Waals surface area contributed by atoms with Gasteiger partial charge in [0, 0.05) is 11.5 Å². The Morgan fingerprint density at radius 3 is 3.00 bits per heavy atom. The van der Waals surface area contributed by atoms with Crippen LogP contribution in [0.5, 0.6) is 0 Å². The molecule has 2 nitrogen and oxygen atoms in total. The van der Waals surface area contributed by atoms with Gasteiger partial charge in [0.15, 0.2) is 12.1 Å². The van der Waals surface area contributed by atoms with Crippen molar-refractivity contribution in [2.75, 3.05) is 0 Å². The summed E-state index contributed by atoms with van der Waals surface area (Å²) in [5.74, 6) is -0.796. The van der Waals surface area contributed by atoms with Gasteiger partial charge in [-0.15, -0.1) is 11.3 Å². The lowest BCUT2D eigenvalue weighted by molar-refractivity contribution is -0.106. The molecule has 0 radical (unpaired) electrons. The van der Waals surface area contributed by atoms with Crippen molar-refractivity contribution in [3.63, 3.8) is 0 Å². The summed E-state index contributed by atoms with van der Waals surface area (Å²) in [6.45, 7) is 1.82. The molecule has 1 aromatic rings. The van der Waals surface area contributed by atoms with Gasteiger partial charge >= 0.3 is 0 Å². The smallest absolute Gasteiger partial charge is 0.178 e. The molecule has 0 unspecified atom stereocenters. The lowest BCUT2D eigenvalue weighted by Gasteiger charge is -1.80. The molecule has 4 heteroatoms. The molecule has 0 saturated heterocycles. The SMILES string of the molecule is Cc1nc(/C=C(/F)C=O)cs1. The van der Waals surface area contributed by atoms with Crippen LogP contribution < -0.4 is 0 Å². The lowest BCUT2D eigenvalue weighted by atomic mass is 10.4. The molecule has 0 aliphatic heterocycles. The number of carbonyl (C=O) groups excluding carboxylic acids is 1. The molecular weight excluding hydrogens is 165 g/mol. The molecule has 0 N–H and O–H groups in total. The highest BCUT2D eigenvalue weighted by atomic mass is 32.1. The van der Waals surface area contributed by atoms with Crippen LogP contribution in [0.15, 0.2) is 11.2 Å². The second-order valence-electron chi connectivity index (χ2n) is 1.94. The van der Waals surface area contributed by atoms with Crippen molar-refractivity contribution in [3.05, 3.63) is 21.9 Å². The molecule has 0 aromatic carbocycles. The van der Waals surface area contributed by atoms with Crippen LogP contribution in [-0.4, -0.2) is 11.3 Å². The zero-order chi connectivity index (χ0) is 8.27. The van der Waals surface area contributed by atoms with Gasteiger partial charge in [0.25, 0.3) is 0 Å². The Morgan fingerprint density at radius 1 is 1.82 bits per heavy atom. The van der Waals surface area contributed by atoms with E-state index in [1.807, 2.05) is 6.92 Å². The van der Waals surface area contributed by atoms with Gasteiger partial charge in [-0.05, 0) is 6.92 Å². The fourth-order valence-electron chi connectivity index (χ4n) is 0.622. The molecule has 1 heterocycles. The number of halogens is 1. The van der Waals surface area contributed by atoms with Crippen LogP contribution in [-0.2, 0) is 4.79 Å². The van der Waals surface area contributed by atoms with Gasteiger partial charge in [-0.1, -0.05) is 0 Å². The van der Waals surface area contributed by atoms with Crippen LogP contribution in [0.2, 0.25) is 0 Å². The predicted molar refractivity (Wildman–Crippen MR) is 42.0 cm³/mol. The summed E-state index contributed by atoms with van der Waals surface area (Å²) in [6, 6.07) is 0. The molecule has 1 aromatic heterocycles. The van der Waals surface area contributed by atoms with Crippen LogP contribution in [0.3, 0.4) is 0 Å². The molecular formula is C7H6FNOS. The monoisotopic (exact) mass is 171 g/mol. The molecule has 58 valence electrons. The van der Waals surface area contributed by atoms with Crippen LogP contribution in [0.1, 0.15) is 10.7 Å². The normalized spacial score (nSPS) is 11.6. The second-order valence-corrected chi connectivity index (χ2v) is 3.00. The zero-order valence-corrected chi connectivity index (χ0v) is 6.69. The fraction of sp³-hybridized carbons (Fsp3) is 0.143. The summed E-state index contributed by atoms with van der Waals surface area (Å²) in [6.07, 6.45) is 1.27. The van der Waals surface area contributed by atoms with Crippen molar-refractivity contribution in [2.45, 2.75) is 6.92 Å². The van der Waals surface area contributed by atoms with Gasteiger partial charge in [-0.3, -0.25) is 4.79 Å². The molecule has 0 saturated carbocycles. The largest absolute Gasteiger partial charge is 0.295 e. The quantitative estimate of drug-likeness (QED) is 0.503. The number of hydrogen-bond donors (Lipinski definition) is 0. The van der Waals surface area contributed by atoms with Gasteiger partial charge in [0.1, 0.15) is 0 Å². The summed E-state index contributed by atoms with van der Waals surface area (Å²) in [4.78, 5) is 13.8. The van der Waals surface area contributed by atoms with E-state index in [1.54, 1.807) is 5.38 Å². The highest BCUT2D eigenvalue weighted by Gasteiger charge is 1.96. The molecule has 0 atom stereocenters. The highest BCUT2D eigenvalue weighted by Crippen LogP contribution is 2.11. The molecule has 0 spiro atoms. The Hall–Kier alpha value is -1.03. The maximum Gasteiger partial charge on any atom is 0.178 e. The first kappa shape index (κ1) is 8.07. The Balaban J connectivity index is 2.86. The minimum absolute atomic E-state index is 0.161. The maximum absolute atomic E-state index is 12.3. The summed E-state index contributed by atoms with van der Waals surface area (Å²) in [5, 5.41) is 2.55. The number of carbonyl (C=O) groups is 1. The van der Waals surface area contributed by atoms with E-state index in [0.29, 0.717) is 5.69 Å². The van der Waals surface area contributed by atoms with Crippen molar-refractivity contribution >= 4 is 23.7 Å². The van der Waals surface area contributed by atoms with E-state index in [1.165, 1.54) is 11.3 Å². The van der Waals surface area contributed by atoms with Crippen molar-refractivity contribution in [1.29, 1.82) is 0 Å². The Kier molecular flexibility index (Phi) is 2.48. The highest BCUT2D eigenvalue weighted by molar-refractivity contribution is 7.09. The molecule has 0 bridgehead atoms. The molecule has 0 fully saturated rings. The van der Waals surface area contributed by atoms with E-state index in [0.717, 1.165) is 11.1 Å². The van der Waals surface area contributed by atoms with Crippen LogP contribution in [0.4, 0.5) is 4.39 Å². The third kappa shape index (κ3) is 2.23. The number of aryl methyl sites for hydroxylation is 1. The van der Waals surface area contributed by atoms with E-state index in [2.05, 4.69) is 4.98 Å². The number of aldehydes is 1. The average molecular weight is 171 g/mol. The van der Waals surface area contributed by atoms with Gasteiger partial charge in [-0.2, -0.15) is 0 Å². The minimum atomic E-state index is -0.796. The first-order valence-electron chi connectivity index (χ1n) is 2.97. The van der Waals surface area contributed by atoms with Crippen LogP contribution in [0.25, 0.3) is 6.08 Å². The Bertz CT molecular complexity index is 292. The number of aromatic nitrogens is 1. The number of hydrogen-bond acceptors (Lipinski definition) is 3. The summed E-state index contributed by atoms with van der Waals surface area (Å²) in [5.41, 5.74) is 0.497. The number of allylic oxidation sites excluding steroid dienone is 1. The van der Waals surface area contributed by atoms with E-state index in [9.17, 15) is 9.18 Å². The number of thiazole rings is 1. The van der Waals surface area contributed by atoms with Gasteiger partial charge < -0.3 is 0 Å². The van der Waals surface area contributed by atoms with Crippen molar-refractivity contribution in [1.82, 2.24) is 4.98 Å².